The quantitative estimate of drug-likeness (QED) is 0.0702. The third-order valence-electron chi connectivity index (χ3n) is 14.0. The smallest absolute Gasteiger partial charge is 0.350 e. The molecule has 7 rings (SSSR count). The molecule has 3 aliphatic carbocycles. The van der Waals surface area contributed by atoms with Crippen LogP contribution in [0, 0.1) is 105 Å². The fourth-order valence-electron chi connectivity index (χ4n) is 10.4. The van der Waals surface area contributed by atoms with Crippen LogP contribution in [0.5, 0.6) is 0 Å². The second-order valence-electron chi connectivity index (χ2n) is 18.0. The molecular weight excluding hydrogens is 1300 g/mol. The van der Waals surface area contributed by atoms with Gasteiger partial charge in [0.15, 0.2) is 5.78 Å². The third kappa shape index (κ3) is 10.1. The van der Waals surface area contributed by atoms with Crippen molar-refractivity contribution < 1.29 is 151 Å². The van der Waals surface area contributed by atoms with Crippen molar-refractivity contribution in [2.45, 2.75) is 114 Å². The van der Waals surface area contributed by atoms with E-state index in [-0.39, 0.29) is 136 Å². The molecule has 3 aromatic carbocycles. The number of aliphatic hydroxyl groups excluding tert-OH is 1. The standard InChI is InChI=1S/C49H57NO13S.2Ac/c1-7-17-35(51)62-39(37(29-18-11-8-12-19-29)50-43(54)30-20-13-9-14-21-30)45(56)61-32-25-49(58)42(63-44(55)31-22-15-10-16-23-31)40-47(5,41(53)38(52)36(28(32)2)46(49,3)4)33(60-27-64-6)24-34-48(40,57)26-59-34;;/h8-16,18-23,32-34,37-40,42,52,57-58H,7,17,24-27H2,1-6H3,(H,50,54);;/t32?,33?,34?,37?,38?,39?,40?,42?,47-,48+,49?;;/m1../s1. The maximum absolute atomic E-state index is 15.3. The first kappa shape index (κ1) is 54.9. The van der Waals surface area contributed by atoms with Gasteiger partial charge in [-0.25, -0.2) is 9.59 Å². The number of carbonyl (C=O) groups excluding carboxylic acids is 5. The first-order chi connectivity index (χ1) is 30.4. The molecule has 17 heteroatoms. The topological polar surface area (TPSA) is 204 Å². The van der Waals surface area contributed by atoms with Gasteiger partial charge in [-0.2, -0.15) is 0 Å². The van der Waals surface area contributed by atoms with E-state index < -0.39 is 107 Å². The Bertz CT molecular complexity index is 2270. The first-order valence-electron chi connectivity index (χ1n) is 21.6. The van der Waals surface area contributed by atoms with Gasteiger partial charge in [-0.15, -0.1) is 11.8 Å². The minimum Gasteiger partial charge on any atom is -0.455 e. The van der Waals surface area contributed by atoms with Crippen LogP contribution in [0.25, 0.3) is 0 Å². The molecule has 0 spiro atoms. The van der Waals surface area contributed by atoms with E-state index >= 15 is 4.79 Å². The Kier molecular flexibility index (Phi) is 18.6. The Morgan fingerprint density at radius 2 is 1.48 bits per heavy atom. The predicted molar refractivity (Wildman–Crippen MR) is 235 cm³/mol. The van der Waals surface area contributed by atoms with Gasteiger partial charge in [0, 0.05) is 124 Å². The summed E-state index contributed by atoms with van der Waals surface area (Å²) in [6.45, 7) is 7.85. The number of hydrogen-bond donors (Lipinski definition) is 4. The zero-order valence-electron chi connectivity index (χ0n) is 38.0. The van der Waals surface area contributed by atoms with Gasteiger partial charge in [0.1, 0.15) is 35.6 Å². The molecule has 1 aliphatic heterocycles. The number of benzene rings is 3. The maximum atomic E-state index is 15.3. The number of thioether (sulfide) groups is 1. The third-order valence-corrected chi connectivity index (χ3v) is 14.3. The van der Waals surface area contributed by atoms with Gasteiger partial charge in [0.05, 0.1) is 35.7 Å². The Hall–Kier alpha value is -2.02. The van der Waals surface area contributed by atoms with Crippen molar-refractivity contribution in [1.82, 2.24) is 5.32 Å². The number of ether oxygens (including phenoxy) is 5. The Morgan fingerprint density at radius 3 is 2.05 bits per heavy atom. The fraction of sp³-hybridized carbons (Fsp3) is 0.490. The molecule has 1 heterocycles. The number of aliphatic hydroxyl groups is 3. The van der Waals surface area contributed by atoms with E-state index in [1.165, 1.54) is 23.9 Å². The van der Waals surface area contributed by atoms with Crippen molar-refractivity contribution in [2.75, 3.05) is 18.8 Å². The summed E-state index contributed by atoms with van der Waals surface area (Å²) in [7, 11) is 0. The molecule has 348 valence electrons. The number of ketones is 1. The minimum absolute atomic E-state index is 0. The molecule has 4 aliphatic rings. The van der Waals surface area contributed by atoms with Gasteiger partial charge in [-0.3, -0.25) is 14.4 Å². The van der Waals surface area contributed by atoms with E-state index in [0.717, 1.165) is 0 Å². The molecule has 3 fully saturated rings. The predicted octanol–water partition coefficient (Wildman–Crippen LogP) is 5.29. The molecule has 4 N–H and O–H groups in total. The van der Waals surface area contributed by atoms with E-state index in [1.807, 2.05) is 6.26 Å². The normalized spacial score (nSPS) is 30.4. The Balaban J connectivity index is 0.00000408. The second-order valence-corrected chi connectivity index (χ2v) is 18.8. The SMILES string of the molecule is CCCC(=O)OC(C(=O)OC1CC2(O)C(OC(=O)c3ccccc3)C3[C@]4(O)COC4CC(OCSC)[C@@]3(C)C(=O)C(O)C(=C1C)C2(C)C)C(NC(=O)c1ccccc1)c1ccccc1.[Ac].[Ac]. The fourth-order valence-corrected chi connectivity index (χ4v) is 10.7. The van der Waals surface area contributed by atoms with Crippen molar-refractivity contribution in [2.24, 2.45) is 16.7 Å². The number of esters is 3. The van der Waals surface area contributed by atoms with Crippen LogP contribution in [0.15, 0.2) is 102 Å². The molecule has 2 radical (unpaired) electrons. The summed E-state index contributed by atoms with van der Waals surface area (Å²) in [6.07, 6.45) is -6.95. The molecule has 66 heavy (non-hydrogen) atoms. The summed E-state index contributed by atoms with van der Waals surface area (Å²) in [5.41, 5.74) is -6.45. The summed E-state index contributed by atoms with van der Waals surface area (Å²) in [6, 6.07) is 23.5. The van der Waals surface area contributed by atoms with Crippen LogP contribution in [-0.2, 0) is 38.1 Å². The van der Waals surface area contributed by atoms with Crippen LogP contribution in [-0.4, -0.2) is 112 Å². The van der Waals surface area contributed by atoms with Gasteiger partial charge in [0.25, 0.3) is 5.91 Å². The van der Waals surface area contributed by atoms with Gasteiger partial charge in [-0.1, -0.05) is 87.5 Å². The van der Waals surface area contributed by atoms with Crippen molar-refractivity contribution >= 4 is 41.4 Å². The molecule has 1 saturated heterocycles. The second kappa shape index (κ2) is 22.4. The minimum atomic E-state index is -2.29. The van der Waals surface area contributed by atoms with Crippen molar-refractivity contribution in [3.05, 3.63) is 119 Å². The molecule has 14 nitrogen and oxygen atoms in total. The van der Waals surface area contributed by atoms with Gasteiger partial charge in [0.2, 0.25) is 6.10 Å². The molecule has 0 aromatic heterocycles. The molecular formula is C49H57Ac2NO13S. The average molecular weight is 1350 g/mol. The monoisotopic (exact) mass is 1350 g/mol. The number of rotatable bonds is 14. The van der Waals surface area contributed by atoms with Gasteiger partial charge >= 0.3 is 17.9 Å². The van der Waals surface area contributed by atoms with Gasteiger partial charge in [-0.05, 0) is 67.5 Å². The van der Waals surface area contributed by atoms with E-state index in [9.17, 15) is 34.5 Å². The number of Topliss-reactive ketones (excluding diaryl/α,β-unsaturated/α-hetero) is 1. The van der Waals surface area contributed by atoms with Crippen molar-refractivity contribution in [3.8, 4) is 0 Å². The zero-order valence-corrected chi connectivity index (χ0v) is 48.3. The van der Waals surface area contributed by atoms with E-state index in [2.05, 4.69) is 5.32 Å². The number of carbonyl (C=O) groups is 5. The summed E-state index contributed by atoms with van der Waals surface area (Å²) >= 11 is 1.36. The largest absolute Gasteiger partial charge is 0.455 e. The van der Waals surface area contributed by atoms with Crippen molar-refractivity contribution in [1.29, 1.82) is 0 Å². The summed E-state index contributed by atoms with van der Waals surface area (Å²) < 4.78 is 30.8. The molecule has 2 saturated carbocycles. The first-order valence-corrected chi connectivity index (χ1v) is 23.0. The Labute approximate surface area is 461 Å². The number of hydrogen-bond acceptors (Lipinski definition) is 14. The van der Waals surface area contributed by atoms with Crippen LogP contribution in [0.2, 0.25) is 0 Å². The maximum Gasteiger partial charge on any atom is 0.350 e. The summed E-state index contributed by atoms with van der Waals surface area (Å²) in [5, 5.41) is 41.7. The number of fused-ring (bicyclic) bond motifs is 5. The number of nitrogens with one attached hydrogen (secondary N) is 1. The van der Waals surface area contributed by atoms with Crippen LogP contribution >= 0.6 is 11.8 Å². The van der Waals surface area contributed by atoms with Crippen LogP contribution < -0.4 is 5.32 Å². The molecule has 11 atom stereocenters. The van der Waals surface area contributed by atoms with E-state index in [0.29, 0.717) is 12.0 Å². The van der Waals surface area contributed by atoms with Crippen LogP contribution in [0.3, 0.4) is 0 Å². The number of amides is 1. The summed E-state index contributed by atoms with van der Waals surface area (Å²) in [5.74, 6) is -5.30. The van der Waals surface area contributed by atoms with Crippen molar-refractivity contribution in [3.63, 3.8) is 0 Å². The summed E-state index contributed by atoms with van der Waals surface area (Å²) in [4.78, 5) is 71.6. The molecule has 2 bridgehead atoms. The molecule has 1 amide bonds. The average Bonchev–Trinajstić information content (AvgIpc) is 3.28. The van der Waals surface area contributed by atoms with Gasteiger partial charge < -0.3 is 44.3 Å². The van der Waals surface area contributed by atoms with E-state index in [1.54, 1.807) is 113 Å². The molecule has 9 unspecified atom stereocenters. The van der Waals surface area contributed by atoms with Crippen LogP contribution in [0.1, 0.15) is 92.6 Å². The van der Waals surface area contributed by atoms with E-state index in [4.69, 9.17) is 23.7 Å². The van der Waals surface area contributed by atoms with Crippen LogP contribution in [0.4, 0.5) is 0 Å². The Morgan fingerprint density at radius 1 is 0.894 bits per heavy atom. The zero-order chi connectivity index (χ0) is 46.2. The molecule has 3 aromatic rings.